The van der Waals surface area contributed by atoms with E-state index in [1.54, 1.807) is 36.5 Å². The highest BCUT2D eigenvalue weighted by atomic mass is 16.6. The number of nitrogens with zero attached hydrogens (tertiary/aromatic N) is 4. The number of anilines is 5. The van der Waals surface area contributed by atoms with Crippen molar-refractivity contribution in [2.75, 3.05) is 16.0 Å². The Morgan fingerprint density at radius 3 is 2.29 bits per heavy atom. The van der Waals surface area contributed by atoms with Gasteiger partial charge in [-0.05, 0) is 36.4 Å². The molecular formula is C21H17N7O3. The minimum absolute atomic E-state index is 0.0305. The molecule has 0 unspecified atom stereocenters. The first-order valence-electron chi connectivity index (χ1n) is 9.26. The summed E-state index contributed by atoms with van der Waals surface area (Å²) in [6, 6.07) is 15.9. The lowest BCUT2D eigenvalue weighted by molar-refractivity contribution is -0.383. The number of carbonyl (C=O) groups is 1. The van der Waals surface area contributed by atoms with E-state index >= 15 is 0 Å². The van der Waals surface area contributed by atoms with Crippen LogP contribution < -0.4 is 16.0 Å². The molecule has 2 heterocycles. The van der Waals surface area contributed by atoms with Crippen LogP contribution >= 0.6 is 0 Å². The summed E-state index contributed by atoms with van der Waals surface area (Å²) in [7, 11) is 0. The lowest BCUT2D eigenvalue weighted by Crippen LogP contribution is -2.07. The van der Waals surface area contributed by atoms with Crippen molar-refractivity contribution in [2.45, 2.75) is 6.92 Å². The Hall–Kier alpha value is -4.60. The van der Waals surface area contributed by atoms with E-state index in [0.717, 1.165) is 5.39 Å². The predicted octanol–water partition coefficient (Wildman–Crippen LogP) is 4.38. The van der Waals surface area contributed by atoms with Crippen LogP contribution in [0.3, 0.4) is 0 Å². The molecule has 31 heavy (non-hydrogen) atoms. The van der Waals surface area contributed by atoms with E-state index < -0.39 is 4.92 Å². The molecule has 4 aromatic rings. The Morgan fingerprint density at radius 1 is 0.903 bits per heavy atom. The number of nitro groups is 1. The third-order valence-corrected chi connectivity index (χ3v) is 4.36. The average molecular weight is 415 g/mol. The first-order chi connectivity index (χ1) is 15.0. The third kappa shape index (κ3) is 4.37. The van der Waals surface area contributed by atoms with Crippen molar-refractivity contribution in [3.8, 4) is 0 Å². The van der Waals surface area contributed by atoms with Crippen molar-refractivity contribution in [1.29, 1.82) is 0 Å². The number of hydrogen-bond acceptors (Lipinski definition) is 8. The maximum absolute atomic E-state index is 11.8. The molecule has 4 rings (SSSR count). The van der Waals surface area contributed by atoms with Gasteiger partial charge in [0.05, 0.1) is 16.1 Å². The van der Waals surface area contributed by atoms with Crippen LogP contribution in [0.4, 0.5) is 34.4 Å². The summed E-state index contributed by atoms with van der Waals surface area (Å²) in [6.07, 6.45) is 2.89. The molecule has 10 nitrogen and oxygen atoms in total. The SMILES string of the molecule is CC(=O)Nc1ccc(Nc2ncnc(Nc3cccc4cccnc34)c2[N+](=O)[O-])cc1. The van der Waals surface area contributed by atoms with Gasteiger partial charge in [0.25, 0.3) is 0 Å². The molecule has 0 aliphatic carbocycles. The molecule has 3 N–H and O–H groups in total. The zero-order chi connectivity index (χ0) is 21.8. The minimum atomic E-state index is -0.547. The number of benzene rings is 2. The van der Waals surface area contributed by atoms with E-state index in [9.17, 15) is 14.9 Å². The molecule has 0 radical (unpaired) electrons. The second-order valence-electron chi connectivity index (χ2n) is 6.57. The molecule has 0 saturated heterocycles. The fourth-order valence-electron chi connectivity index (χ4n) is 3.04. The van der Waals surface area contributed by atoms with Gasteiger partial charge in [-0.2, -0.15) is 0 Å². The van der Waals surface area contributed by atoms with Crippen LogP contribution in [0.25, 0.3) is 10.9 Å². The minimum Gasteiger partial charge on any atom is -0.334 e. The van der Waals surface area contributed by atoms with Gasteiger partial charge in [0, 0.05) is 29.9 Å². The second-order valence-corrected chi connectivity index (χ2v) is 6.57. The van der Waals surface area contributed by atoms with Gasteiger partial charge in [-0.3, -0.25) is 19.9 Å². The molecule has 2 aromatic heterocycles. The van der Waals surface area contributed by atoms with Crippen LogP contribution in [-0.2, 0) is 4.79 Å². The number of fused-ring (bicyclic) bond motifs is 1. The summed E-state index contributed by atoms with van der Waals surface area (Å²) in [5.74, 6) is -0.121. The lowest BCUT2D eigenvalue weighted by Gasteiger charge is -2.11. The average Bonchev–Trinajstić information content (AvgIpc) is 2.75. The quantitative estimate of drug-likeness (QED) is 0.312. The van der Waals surface area contributed by atoms with E-state index in [1.807, 2.05) is 24.3 Å². The van der Waals surface area contributed by atoms with Gasteiger partial charge < -0.3 is 16.0 Å². The molecule has 0 saturated carbocycles. The predicted molar refractivity (Wildman–Crippen MR) is 118 cm³/mol. The number of pyridine rings is 1. The Balaban J connectivity index is 1.67. The van der Waals surface area contributed by atoms with Crippen LogP contribution in [0.5, 0.6) is 0 Å². The van der Waals surface area contributed by atoms with E-state index in [1.165, 1.54) is 13.3 Å². The highest BCUT2D eigenvalue weighted by molar-refractivity contribution is 5.93. The van der Waals surface area contributed by atoms with Crippen LogP contribution in [0.2, 0.25) is 0 Å². The Bertz CT molecular complexity index is 1270. The summed E-state index contributed by atoms with van der Waals surface area (Å²) in [5, 5.41) is 21.3. The Kier molecular flexibility index (Phi) is 5.35. The molecular weight excluding hydrogens is 398 g/mol. The van der Waals surface area contributed by atoms with Gasteiger partial charge in [-0.25, -0.2) is 9.97 Å². The number of carbonyl (C=O) groups excluding carboxylic acids is 1. The summed E-state index contributed by atoms with van der Waals surface area (Å²) >= 11 is 0. The smallest absolute Gasteiger partial charge is 0.334 e. The maximum atomic E-state index is 11.8. The van der Waals surface area contributed by atoms with Crippen LogP contribution in [0.15, 0.2) is 67.1 Å². The number of nitrogens with one attached hydrogen (secondary N) is 3. The number of rotatable bonds is 6. The van der Waals surface area contributed by atoms with Crippen molar-refractivity contribution in [2.24, 2.45) is 0 Å². The highest BCUT2D eigenvalue weighted by Crippen LogP contribution is 2.34. The highest BCUT2D eigenvalue weighted by Gasteiger charge is 2.24. The molecule has 1 amide bonds. The lowest BCUT2D eigenvalue weighted by atomic mass is 10.2. The molecule has 0 bridgehead atoms. The van der Waals surface area contributed by atoms with E-state index in [4.69, 9.17) is 0 Å². The zero-order valence-electron chi connectivity index (χ0n) is 16.4. The fraction of sp³-hybridized carbons (Fsp3) is 0.0476. The van der Waals surface area contributed by atoms with E-state index in [-0.39, 0.29) is 23.2 Å². The summed E-state index contributed by atoms with van der Waals surface area (Å²) < 4.78 is 0. The zero-order valence-corrected chi connectivity index (χ0v) is 16.4. The number of para-hydroxylation sites is 1. The molecule has 2 aromatic carbocycles. The van der Waals surface area contributed by atoms with Crippen LogP contribution in [0.1, 0.15) is 6.92 Å². The van der Waals surface area contributed by atoms with E-state index in [2.05, 4.69) is 30.9 Å². The summed E-state index contributed by atoms with van der Waals surface area (Å²) in [5.41, 5.74) is 2.13. The van der Waals surface area contributed by atoms with Crippen molar-refractivity contribution >= 4 is 51.2 Å². The third-order valence-electron chi connectivity index (χ3n) is 4.36. The largest absolute Gasteiger partial charge is 0.353 e. The van der Waals surface area contributed by atoms with Crippen molar-refractivity contribution in [1.82, 2.24) is 15.0 Å². The van der Waals surface area contributed by atoms with Gasteiger partial charge in [-0.1, -0.05) is 18.2 Å². The number of hydrogen-bond donors (Lipinski definition) is 3. The molecule has 154 valence electrons. The first kappa shape index (κ1) is 19.7. The van der Waals surface area contributed by atoms with Gasteiger partial charge in [0.2, 0.25) is 17.5 Å². The van der Waals surface area contributed by atoms with Crippen LogP contribution in [0, 0.1) is 10.1 Å². The van der Waals surface area contributed by atoms with Gasteiger partial charge in [-0.15, -0.1) is 0 Å². The number of amides is 1. The van der Waals surface area contributed by atoms with Gasteiger partial charge in [0.15, 0.2) is 0 Å². The van der Waals surface area contributed by atoms with Crippen molar-refractivity contribution in [3.63, 3.8) is 0 Å². The fourth-order valence-corrected chi connectivity index (χ4v) is 3.04. The second kappa shape index (κ2) is 8.41. The van der Waals surface area contributed by atoms with Crippen molar-refractivity contribution in [3.05, 3.63) is 77.2 Å². The van der Waals surface area contributed by atoms with Crippen LogP contribution in [-0.4, -0.2) is 25.8 Å². The molecule has 0 atom stereocenters. The summed E-state index contributed by atoms with van der Waals surface area (Å²) in [6.45, 7) is 1.41. The normalized spacial score (nSPS) is 10.5. The Labute approximate surface area is 176 Å². The van der Waals surface area contributed by atoms with Gasteiger partial charge >= 0.3 is 5.69 Å². The van der Waals surface area contributed by atoms with Gasteiger partial charge in [0.1, 0.15) is 6.33 Å². The molecule has 0 aliphatic rings. The maximum Gasteiger partial charge on any atom is 0.353 e. The Morgan fingerprint density at radius 2 is 1.58 bits per heavy atom. The molecule has 0 fully saturated rings. The number of aromatic nitrogens is 3. The molecule has 0 aliphatic heterocycles. The topological polar surface area (TPSA) is 135 Å². The standard InChI is InChI=1S/C21H17N7O3/c1-13(29)25-15-7-9-16(10-8-15)26-20-19(28(30)31)21(24-12-23-20)27-17-6-2-4-14-5-3-11-22-18(14)17/h2-12H,1H3,(H,25,29)(H2,23,24,26,27). The van der Waals surface area contributed by atoms with Crippen molar-refractivity contribution < 1.29 is 9.72 Å². The monoisotopic (exact) mass is 415 g/mol. The first-order valence-corrected chi connectivity index (χ1v) is 9.26. The molecule has 10 heteroatoms. The van der Waals surface area contributed by atoms with E-state index in [0.29, 0.717) is 22.6 Å². The summed E-state index contributed by atoms with van der Waals surface area (Å²) in [4.78, 5) is 34.9. The molecule has 0 spiro atoms.